The molecular formula is C19H26N4O5S. The average Bonchev–Trinajstić information content (AvgIpc) is 2.73. The molecular weight excluding hydrogens is 396 g/mol. The lowest BCUT2D eigenvalue weighted by atomic mass is 10.1. The molecule has 1 aromatic carbocycles. The van der Waals surface area contributed by atoms with E-state index in [0.29, 0.717) is 24.6 Å². The lowest BCUT2D eigenvalue weighted by Gasteiger charge is -2.32. The second-order valence-electron chi connectivity index (χ2n) is 6.89. The molecule has 1 fully saturated rings. The van der Waals surface area contributed by atoms with Crippen LogP contribution in [0.2, 0.25) is 0 Å². The van der Waals surface area contributed by atoms with E-state index in [2.05, 4.69) is 10.2 Å². The highest BCUT2D eigenvalue weighted by atomic mass is 32.2. The Morgan fingerprint density at radius 2 is 1.90 bits per heavy atom. The van der Waals surface area contributed by atoms with Crippen molar-refractivity contribution in [3.63, 3.8) is 0 Å². The fraction of sp³-hybridized carbons (Fsp3) is 0.474. The molecule has 2 aromatic rings. The van der Waals surface area contributed by atoms with Crippen molar-refractivity contribution in [3.05, 3.63) is 30.3 Å². The van der Waals surface area contributed by atoms with Crippen LogP contribution in [0, 0.1) is 0 Å². The van der Waals surface area contributed by atoms with Crippen molar-refractivity contribution in [1.82, 2.24) is 14.5 Å². The maximum atomic E-state index is 13.3. The number of piperidine rings is 1. The van der Waals surface area contributed by atoms with E-state index in [-0.39, 0.29) is 23.3 Å². The lowest BCUT2D eigenvalue weighted by Crippen LogP contribution is -2.44. The third kappa shape index (κ3) is 4.70. The number of anilines is 1. The van der Waals surface area contributed by atoms with Crippen LogP contribution in [0.1, 0.15) is 12.8 Å². The van der Waals surface area contributed by atoms with E-state index < -0.39 is 10.0 Å². The van der Waals surface area contributed by atoms with Gasteiger partial charge in [-0.1, -0.05) is 0 Å². The summed E-state index contributed by atoms with van der Waals surface area (Å²) in [7, 11) is 2.91. The van der Waals surface area contributed by atoms with E-state index >= 15 is 0 Å². The Labute approximate surface area is 171 Å². The molecule has 1 unspecified atom stereocenters. The monoisotopic (exact) mass is 422 g/mol. The summed E-state index contributed by atoms with van der Waals surface area (Å²) >= 11 is 0. The predicted octanol–water partition coefficient (Wildman–Crippen LogP) is 1.79. The van der Waals surface area contributed by atoms with Gasteiger partial charge in [-0.3, -0.25) is 0 Å². The van der Waals surface area contributed by atoms with Gasteiger partial charge in [0.2, 0.25) is 15.9 Å². The van der Waals surface area contributed by atoms with Crippen LogP contribution in [0.5, 0.6) is 17.4 Å². The Bertz CT molecular complexity index is 934. The van der Waals surface area contributed by atoms with Gasteiger partial charge in [-0.2, -0.15) is 4.31 Å². The van der Waals surface area contributed by atoms with Gasteiger partial charge in [0.15, 0.2) is 5.82 Å². The summed E-state index contributed by atoms with van der Waals surface area (Å²) < 4.78 is 44.3. The number of hydrogen-bond donors (Lipinski definition) is 0. The van der Waals surface area contributed by atoms with Crippen LogP contribution in [-0.4, -0.2) is 70.4 Å². The third-order valence-electron chi connectivity index (χ3n) is 4.70. The van der Waals surface area contributed by atoms with Crippen LogP contribution in [-0.2, 0) is 10.0 Å². The van der Waals surface area contributed by atoms with Crippen molar-refractivity contribution in [3.8, 4) is 17.4 Å². The molecule has 0 spiro atoms. The Morgan fingerprint density at radius 3 is 2.52 bits per heavy atom. The van der Waals surface area contributed by atoms with Gasteiger partial charge in [0.1, 0.15) is 22.5 Å². The van der Waals surface area contributed by atoms with Gasteiger partial charge in [-0.25, -0.2) is 8.42 Å². The van der Waals surface area contributed by atoms with E-state index in [1.807, 2.05) is 19.0 Å². The molecule has 1 atom stereocenters. The minimum absolute atomic E-state index is 0.0788. The average molecular weight is 423 g/mol. The first-order chi connectivity index (χ1) is 13.8. The zero-order chi connectivity index (χ0) is 21.0. The van der Waals surface area contributed by atoms with Crippen molar-refractivity contribution >= 4 is 15.8 Å². The molecule has 1 saturated heterocycles. The summed E-state index contributed by atoms with van der Waals surface area (Å²) in [4.78, 5) is 1.92. The van der Waals surface area contributed by atoms with Crippen LogP contribution in [0.15, 0.2) is 35.2 Å². The van der Waals surface area contributed by atoms with Crippen molar-refractivity contribution in [2.24, 2.45) is 0 Å². The van der Waals surface area contributed by atoms with E-state index in [1.54, 1.807) is 24.3 Å². The summed E-state index contributed by atoms with van der Waals surface area (Å²) in [6, 6.07) is 8.27. The molecule has 2 heterocycles. The quantitative estimate of drug-likeness (QED) is 0.667. The molecule has 3 rings (SSSR count). The fourth-order valence-electron chi connectivity index (χ4n) is 3.13. The molecule has 1 aliphatic heterocycles. The Morgan fingerprint density at radius 1 is 1.10 bits per heavy atom. The SMILES string of the molecule is COc1ccc(OC)c(S(=O)(=O)N2CCCC(Oc3ccc(N(C)C)nn3)C2)c1. The minimum Gasteiger partial charge on any atom is -0.497 e. The maximum Gasteiger partial charge on any atom is 0.247 e. The summed E-state index contributed by atoms with van der Waals surface area (Å²) in [6.07, 6.45) is 1.10. The number of sulfonamides is 1. The first-order valence-electron chi connectivity index (χ1n) is 9.25. The number of ether oxygens (including phenoxy) is 3. The van der Waals surface area contributed by atoms with E-state index in [9.17, 15) is 8.42 Å². The number of methoxy groups -OCH3 is 2. The van der Waals surface area contributed by atoms with Crippen molar-refractivity contribution in [2.75, 3.05) is 46.3 Å². The van der Waals surface area contributed by atoms with E-state index in [4.69, 9.17) is 14.2 Å². The van der Waals surface area contributed by atoms with Crippen LogP contribution < -0.4 is 19.1 Å². The molecule has 29 heavy (non-hydrogen) atoms. The normalized spacial score (nSPS) is 17.6. The Hall–Kier alpha value is -2.59. The topological polar surface area (TPSA) is 94.1 Å². The standard InChI is InChI=1S/C19H26N4O5S/c1-22(2)18-9-10-19(21-20-18)28-15-6-5-11-23(13-15)29(24,25)17-12-14(26-3)7-8-16(17)27-4/h7-10,12,15H,5-6,11,13H2,1-4H3. The third-order valence-corrected chi connectivity index (χ3v) is 6.59. The highest BCUT2D eigenvalue weighted by molar-refractivity contribution is 7.89. The summed E-state index contributed by atoms with van der Waals surface area (Å²) in [5.41, 5.74) is 0. The summed E-state index contributed by atoms with van der Waals surface area (Å²) in [5, 5.41) is 8.16. The largest absolute Gasteiger partial charge is 0.497 e. The van der Waals surface area contributed by atoms with Gasteiger partial charge < -0.3 is 19.1 Å². The highest BCUT2D eigenvalue weighted by Crippen LogP contribution is 2.32. The van der Waals surface area contributed by atoms with Crippen LogP contribution in [0.3, 0.4) is 0 Å². The number of nitrogens with zero attached hydrogens (tertiary/aromatic N) is 4. The van der Waals surface area contributed by atoms with E-state index in [0.717, 1.165) is 12.2 Å². The van der Waals surface area contributed by atoms with Crippen molar-refractivity contribution in [1.29, 1.82) is 0 Å². The first-order valence-corrected chi connectivity index (χ1v) is 10.7. The molecule has 0 radical (unpaired) electrons. The predicted molar refractivity (Wildman–Crippen MR) is 108 cm³/mol. The first kappa shape index (κ1) is 21.1. The molecule has 158 valence electrons. The molecule has 0 N–H and O–H groups in total. The van der Waals surface area contributed by atoms with Gasteiger partial charge in [-0.05, 0) is 31.0 Å². The zero-order valence-electron chi connectivity index (χ0n) is 17.0. The highest BCUT2D eigenvalue weighted by Gasteiger charge is 2.33. The maximum absolute atomic E-state index is 13.3. The van der Waals surface area contributed by atoms with Crippen molar-refractivity contribution in [2.45, 2.75) is 23.8 Å². The van der Waals surface area contributed by atoms with Gasteiger partial charge in [0, 0.05) is 32.8 Å². The van der Waals surface area contributed by atoms with Crippen molar-refractivity contribution < 1.29 is 22.6 Å². The van der Waals surface area contributed by atoms with E-state index in [1.165, 1.54) is 24.6 Å². The molecule has 0 aliphatic carbocycles. The second-order valence-corrected chi connectivity index (χ2v) is 8.79. The van der Waals surface area contributed by atoms with Crippen LogP contribution in [0.25, 0.3) is 0 Å². The Balaban J connectivity index is 1.77. The molecule has 1 aromatic heterocycles. The number of hydrogen-bond acceptors (Lipinski definition) is 8. The molecule has 0 saturated carbocycles. The molecule has 0 bridgehead atoms. The molecule has 10 heteroatoms. The number of aromatic nitrogens is 2. The zero-order valence-corrected chi connectivity index (χ0v) is 17.8. The van der Waals surface area contributed by atoms with Crippen LogP contribution >= 0.6 is 0 Å². The van der Waals surface area contributed by atoms with Crippen LogP contribution in [0.4, 0.5) is 5.82 Å². The number of rotatable bonds is 7. The van der Waals surface area contributed by atoms with Gasteiger partial charge in [0.25, 0.3) is 0 Å². The summed E-state index contributed by atoms with van der Waals surface area (Å²) in [5.74, 6) is 1.82. The smallest absolute Gasteiger partial charge is 0.247 e. The number of benzene rings is 1. The van der Waals surface area contributed by atoms with Gasteiger partial charge >= 0.3 is 0 Å². The fourth-order valence-corrected chi connectivity index (χ4v) is 4.81. The second kappa shape index (κ2) is 8.83. The lowest BCUT2D eigenvalue weighted by molar-refractivity contribution is 0.123. The van der Waals surface area contributed by atoms with Gasteiger partial charge in [0.05, 0.1) is 20.8 Å². The molecule has 9 nitrogen and oxygen atoms in total. The molecule has 1 aliphatic rings. The molecule has 0 amide bonds. The Kier molecular flexibility index (Phi) is 6.43. The summed E-state index contributed by atoms with van der Waals surface area (Å²) in [6.45, 7) is 0.633. The minimum atomic E-state index is -3.77. The van der Waals surface area contributed by atoms with Gasteiger partial charge in [-0.15, -0.1) is 10.2 Å².